The van der Waals surface area contributed by atoms with Gasteiger partial charge in [-0.15, -0.1) is 0 Å². The van der Waals surface area contributed by atoms with Crippen LogP contribution < -0.4 is 15.4 Å². The Morgan fingerprint density at radius 1 is 0.796 bits per heavy atom. The Bertz CT molecular complexity index is 1940. The number of ether oxygens (including phenoxy) is 1. The van der Waals surface area contributed by atoms with Gasteiger partial charge < -0.3 is 20.5 Å². The molecule has 2 heterocycles. The third-order valence-corrected chi connectivity index (χ3v) is 9.09. The number of unbranched alkanes of at least 4 members (excludes halogenated alkanes) is 4. The van der Waals surface area contributed by atoms with Gasteiger partial charge in [0.25, 0.3) is 5.91 Å². The second-order valence-electron chi connectivity index (χ2n) is 14.4. The van der Waals surface area contributed by atoms with Crippen molar-refractivity contribution in [2.45, 2.75) is 90.3 Å². The van der Waals surface area contributed by atoms with Gasteiger partial charge in [0.05, 0.1) is 13.2 Å². The number of amides is 2. The van der Waals surface area contributed by atoms with Crippen molar-refractivity contribution < 1.29 is 24.2 Å². The first-order chi connectivity index (χ1) is 26.0. The van der Waals surface area contributed by atoms with Gasteiger partial charge in [0.2, 0.25) is 5.91 Å². The van der Waals surface area contributed by atoms with E-state index in [1.165, 1.54) is 43.0 Å². The monoisotopic (exact) mass is 731 g/mol. The second kappa shape index (κ2) is 18.7. The molecule has 12 heteroatoms. The standard InChI is InChI=1S/C42H49N7O5/c1-5-6-7-8-9-22-54-35-20-16-30(17-21-35)33-24-44-38(45-25-33)31-12-10-29(11-13-31)23-36(40(51)48-37(41(52)53)26-49-28-43-27-46-49)47-39(50)32-14-18-34(19-15-32)42(2,3)4/h10-21,24-25,27-28,36-37H,5-9,22-23,26H2,1-4H3,(H,47,50)(H,48,51)(H,52,53)/t36-,37?/m0/s1. The molecule has 0 saturated carbocycles. The number of aliphatic carboxylic acids is 1. The molecular weight excluding hydrogens is 683 g/mol. The van der Waals surface area contributed by atoms with Crippen LogP contribution in [0.25, 0.3) is 22.5 Å². The first-order valence-corrected chi connectivity index (χ1v) is 18.4. The van der Waals surface area contributed by atoms with Gasteiger partial charge in [0.1, 0.15) is 30.5 Å². The molecule has 282 valence electrons. The van der Waals surface area contributed by atoms with Gasteiger partial charge in [0.15, 0.2) is 5.82 Å². The van der Waals surface area contributed by atoms with Gasteiger partial charge in [-0.3, -0.25) is 14.3 Å². The third kappa shape index (κ3) is 11.3. The van der Waals surface area contributed by atoms with E-state index in [-0.39, 0.29) is 18.4 Å². The van der Waals surface area contributed by atoms with Crippen LogP contribution in [-0.2, 0) is 28.0 Å². The summed E-state index contributed by atoms with van der Waals surface area (Å²) < 4.78 is 7.21. The lowest BCUT2D eigenvalue weighted by Crippen LogP contribution is -2.53. The van der Waals surface area contributed by atoms with Crippen LogP contribution in [0.5, 0.6) is 5.75 Å². The van der Waals surface area contributed by atoms with Gasteiger partial charge in [-0.05, 0) is 52.8 Å². The van der Waals surface area contributed by atoms with E-state index in [1.54, 1.807) is 24.5 Å². The first kappa shape index (κ1) is 39.3. The molecule has 2 atom stereocenters. The van der Waals surface area contributed by atoms with Crippen molar-refractivity contribution in [3.8, 4) is 28.3 Å². The Morgan fingerprint density at radius 3 is 2.07 bits per heavy atom. The fourth-order valence-electron chi connectivity index (χ4n) is 5.84. The van der Waals surface area contributed by atoms with Crippen LogP contribution in [0.1, 0.15) is 81.3 Å². The van der Waals surface area contributed by atoms with Crippen molar-refractivity contribution in [2.75, 3.05) is 6.61 Å². The van der Waals surface area contributed by atoms with Gasteiger partial charge in [0, 0.05) is 35.5 Å². The fraction of sp³-hybridized carbons (Fsp3) is 0.357. The van der Waals surface area contributed by atoms with Crippen molar-refractivity contribution in [2.24, 2.45) is 0 Å². The van der Waals surface area contributed by atoms with Gasteiger partial charge in [-0.2, -0.15) is 5.10 Å². The van der Waals surface area contributed by atoms with Crippen LogP contribution in [0.4, 0.5) is 0 Å². The normalized spacial score (nSPS) is 12.4. The maximum absolute atomic E-state index is 13.6. The topological polar surface area (TPSA) is 161 Å². The average molecular weight is 732 g/mol. The summed E-state index contributed by atoms with van der Waals surface area (Å²) in [5.41, 5.74) is 4.72. The largest absolute Gasteiger partial charge is 0.494 e. The number of aromatic nitrogens is 5. The van der Waals surface area contributed by atoms with Gasteiger partial charge >= 0.3 is 5.97 Å². The zero-order chi connectivity index (χ0) is 38.5. The van der Waals surface area contributed by atoms with Crippen molar-refractivity contribution in [1.82, 2.24) is 35.4 Å². The van der Waals surface area contributed by atoms with E-state index >= 15 is 0 Å². The molecule has 5 rings (SSSR count). The first-order valence-electron chi connectivity index (χ1n) is 18.4. The number of nitrogens with zero attached hydrogens (tertiary/aromatic N) is 5. The highest BCUT2D eigenvalue weighted by Crippen LogP contribution is 2.25. The summed E-state index contributed by atoms with van der Waals surface area (Å²) in [6, 6.07) is 20.1. The molecule has 2 aromatic heterocycles. The highest BCUT2D eigenvalue weighted by molar-refractivity contribution is 5.98. The van der Waals surface area contributed by atoms with Crippen LogP contribution in [0.2, 0.25) is 0 Å². The SMILES string of the molecule is CCCCCCCOc1ccc(-c2cnc(-c3ccc(C[C@H](NC(=O)c4ccc(C(C)(C)C)cc4)C(=O)NC(Cn4cncn4)C(=O)O)cc3)nc2)cc1. The molecule has 3 N–H and O–H groups in total. The van der Waals surface area contributed by atoms with Gasteiger partial charge in [-0.1, -0.05) is 102 Å². The van der Waals surface area contributed by atoms with Crippen LogP contribution in [-0.4, -0.2) is 66.3 Å². The zero-order valence-corrected chi connectivity index (χ0v) is 31.4. The van der Waals surface area contributed by atoms with Crippen molar-refractivity contribution in [3.05, 3.63) is 115 Å². The fourth-order valence-corrected chi connectivity index (χ4v) is 5.84. The van der Waals surface area contributed by atoms with Crippen LogP contribution in [0, 0.1) is 0 Å². The maximum atomic E-state index is 13.6. The molecule has 0 fully saturated rings. The summed E-state index contributed by atoms with van der Waals surface area (Å²) in [7, 11) is 0. The summed E-state index contributed by atoms with van der Waals surface area (Å²) in [6.07, 6.45) is 12.3. The van der Waals surface area contributed by atoms with Gasteiger partial charge in [-0.25, -0.2) is 19.7 Å². The molecule has 12 nitrogen and oxygen atoms in total. The quantitative estimate of drug-likeness (QED) is 0.0838. The van der Waals surface area contributed by atoms with E-state index < -0.39 is 29.9 Å². The molecule has 0 spiro atoms. The molecule has 0 aliphatic rings. The minimum Gasteiger partial charge on any atom is -0.494 e. The van der Waals surface area contributed by atoms with Crippen LogP contribution in [0.3, 0.4) is 0 Å². The van der Waals surface area contributed by atoms with Crippen LogP contribution in [0.15, 0.2) is 97.8 Å². The average Bonchev–Trinajstić information content (AvgIpc) is 3.69. The predicted molar refractivity (Wildman–Crippen MR) is 207 cm³/mol. The Labute approximate surface area is 316 Å². The van der Waals surface area contributed by atoms with E-state index in [0.717, 1.165) is 40.0 Å². The Kier molecular flexibility index (Phi) is 13.6. The lowest BCUT2D eigenvalue weighted by Gasteiger charge is -2.22. The predicted octanol–water partition coefficient (Wildman–Crippen LogP) is 6.66. The molecule has 54 heavy (non-hydrogen) atoms. The number of rotatable bonds is 18. The zero-order valence-electron chi connectivity index (χ0n) is 31.4. The van der Waals surface area contributed by atoms with Crippen molar-refractivity contribution in [1.29, 1.82) is 0 Å². The lowest BCUT2D eigenvalue weighted by atomic mass is 9.86. The molecule has 0 radical (unpaired) electrons. The maximum Gasteiger partial charge on any atom is 0.328 e. The number of nitrogens with one attached hydrogen (secondary N) is 2. The van der Waals surface area contributed by atoms with E-state index in [0.29, 0.717) is 18.0 Å². The minimum absolute atomic E-state index is 0.0959. The summed E-state index contributed by atoms with van der Waals surface area (Å²) in [5.74, 6) is -0.968. The number of hydrogen-bond donors (Lipinski definition) is 3. The molecule has 2 amide bonds. The Balaban J connectivity index is 1.25. The highest BCUT2D eigenvalue weighted by Gasteiger charge is 2.28. The van der Waals surface area contributed by atoms with Crippen molar-refractivity contribution >= 4 is 17.8 Å². The second-order valence-corrected chi connectivity index (χ2v) is 14.4. The molecule has 0 aliphatic carbocycles. The number of hydrogen-bond acceptors (Lipinski definition) is 8. The smallest absolute Gasteiger partial charge is 0.328 e. The number of carbonyl (C=O) groups is 3. The van der Waals surface area contributed by atoms with E-state index in [9.17, 15) is 19.5 Å². The van der Waals surface area contributed by atoms with E-state index in [1.807, 2.05) is 60.7 Å². The molecule has 1 unspecified atom stereocenters. The van der Waals surface area contributed by atoms with Crippen molar-refractivity contribution in [3.63, 3.8) is 0 Å². The highest BCUT2D eigenvalue weighted by atomic mass is 16.5. The number of carboxylic acids is 1. The molecule has 0 bridgehead atoms. The minimum atomic E-state index is -1.30. The number of carboxylic acid groups (broad SMARTS) is 1. The summed E-state index contributed by atoms with van der Waals surface area (Å²) in [4.78, 5) is 52.1. The van der Waals surface area contributed by atoms with E-state index in [4.69, 9.17) is 4.74 Å². The third-order valence-electron chi connectivity index (χ3n) is 9.09. The summed E-state index contributed by atoms with van der Waals surface area (Å²) in [5, 5.41) is 19.2. The Hall–Kier alpha value is -5.91. The molecular formula is C42H49N7O5. The number of carbonyl (C=O) groups excluding carboxylic acids is 2. The van der Waals surface area contributed by atoms with E-state index in [2.05, 4.69) is 58.4 Å². The molecule has 5 aromatic rings. The summed E-state index contributed by atoms with van der Waals surface area (Å²) in [6.45, 7) is 9.04. The van der Waals surface area contributed by atoms with Crippen LogP contribution >= 0.6 is 0 Å². The number of benzene rings is 3. The Morgan fingerprint density at radius 2 is 1.46 bits per heavy atom. The molecule has 0 aliphatic heterocycles. The molecule has 3 aromatic carbocycles. The summed E-state index contributed by atoms with van der Waals surface area (Å²) >= 11 is 0. The lowest BCUT2D eigenvalue weighted by molar-refractivity contribution is -0.142. The molecule has 0 saturated heterocycles.